The van der Waals surface area contributed by atoms with Gasteiger partial charge in [-0.1, -0.05) is 36.4 Å². The van der Waals surface area contributed by atoms with Crippen molar-refractivity contribution in [3.8, 4) is 11.1 Å². The number of nitrogens with one attached hydrogen (secondary N) is 1. The van der Waals surface area contributed by atoms with Gasteiger partial charge in [-0.25, -0.2) is 9.78 Å². The second-order valence-electron chi connectivity index (χ2n) is 6.30. The zero-order valence-electron chi connectivity index (χ0n) is 14.9. The van der Waals surface area contributed by atoms with Gasteiger partial charge in [-0.2, -0.15) is 0 Å². The van der Waals surface area contributed by atoms with Gasteiger partial charge in [-0.15, -0.1) is 11.3 Å². The molecule has 8 heteroatoms. The lowest BCUT2D eigenvalue weighted by atomic mass is 10.1. The second kappa shape index (κ2) is 8.62. The number of hydrogen-bond acceptors (Lipinski definition) is 5. The van der Waals surface area contributed by atoms with Crippen LogP contribution in [0.1, 0.15) is 17.8 Å². The van der Waals surface area contributed by atoms with Crippen LogP contribution in [-0.2, 0) is 20.8 Å². The minimum atomic E-state index is -1.20. The molecule has 0 spiro atoms. The summed E-state index contributed by atoms with van der Waals surface area (Å²) in [6.45, 7) is 0. The van der Waals surface area contributed by atoms with Gasteiger partial charge in [-0.3, -0.25) is 9.59 Å². The molecule has 0 aliphatic rings. The number of primary amides is 1. The third kappa shape index (κ3) is 4.92. The average Bonchev–Trinajstić information content (AvgIpc) is 3.06. The summed E-state index contributed by atoms with van der Waals surface area (Å²) in [5, 5.41) is 12.2. The molecule has 0 saturated carbocycles. The summed E-state index contributed by atoms with van der Waals surface area (Å²) in [5.41, 5.74) is 7.94. The topological polar surface area (TPSA) is 122 Å². The van der Waals surface area contributed by atoms with Crippen LogP contribution in [0.3, 0.4) is 0 Å². The van der Waals surface area contributed by atoms with Crippen LogP contribution < -0.4 is 11.1 Å². The molecular formula is C20H19N3O4S. The second-order valence-corrected chi connectivity index (χ2v) is 7.41. The van der Waals surface area contributed by atoms with Crippen LogP contribution in [0.15, 0.2) is 48.5 Å². The highest BCUT2D eigenvalue weighted by Gasteiger charge is 2.21. The SMILES string of the molecule is NC(=O)CC[C@H](NC(=O)Cc1nc2cc(-c3ccccc3)ccc2s1)C(=O)O. The average molecular weight is 397 g/mol. The number of carbonyl (C=O) groups excluding carboxylic acids is 2. The number of aliphatic carboxylic acids is 1. The normalized spacial score (nSPS) is 11.9. The molecule has 0 radical (unpaired) electrons. The number of rotatable bonds is 8. The molecule has 1 atom stereocenters. The predicted octanol–water partition coefficient (Wildman–Crippen LogP) is 2.34. The predicted molar refractivity (Wildman–Crippen MR) is 107 cm³/mol. The third-order valence-electron chi connectivity index (χ3n) is 4.16. The molecule has 144 valence electrons. The molecule has 4 N–H and O–H groups in total. The van der Waals surface area contributed by atoms with Crippen molar-refractivity contribution in [3.63, 3.8) is 0 Å². The van der Waals surface area contributed by atoms with Crippen LogP contribution in [0.4, 0.5) is 0 Å². The summed E-state index contributed by atoms with van der Waals surface area (Å²) in [5.74, 6) is -2.27. The first-order chi connectivity index (χ1) is 13.4. The summed E-state index contributed by atoms with van der Waals surface area (Å²) in [6, 6.07) is 14.7. The monoisotopic (exact) mass is 397 g/mol. The highest BCUT2D eigenvalue weighted by Crippen LogP contribution is 2.28. The Morgan fingerprint density at radius 2 is 1.86 bits per heavy atom. The Balaban J connectivity index is 1.70. The smallest absolute Gasteiger partial charge is 0.326 e. The van der Waals surface area contributed by atoms with Crippen molar-refractivity contribution < 1.29 is 19.5 Å². The quantitative estimate of drug-likeness (QED) is 0.538. The summed E-state index contributed by atoms with van der Waals surface area (Å²) in [4.78, 5) is 38.8. The summed E-state index contributed by atoms with van der Waals surface area (Å²) >= 11 is 1.39. The minimum Gasteiger partial charge on any atom is -0.480 e. The van der Waals surface area contributed by atoms with E-state index in [0.29, 0.717) is 5.01 Å². The molecular weight excluding hydrogens is 378 g/mol. The van der Waals surface area contributed by atoms with E-state index in [4.69, 9.17) is 5.73 Å². The molecule has 3 aromatic rings. The zero-order valence-corrected chi connectivity index (χ0v) is 15.7. The molecule has 0 unspecified atom stereocenters. The molecule has 1 heterocycles. The lowest BCUT2D eigenvalue weighted by Crippen LogP contribution is -2.42. The number of hydrogen-bond donors (Lipinski definition) is 3. The van der Waals surface area contributed by atoms with Crippen molar-refractivity contribution in [2.24, 2.45) is 5.73 Å². The van der Waals surface area contributed by atoms with Gasteiger partial charge in [0.1, 0.15) is 11.0 Å². The fourth-order valence-electron chi connectivity index (χ4n) is 2.79. The zero-order chi connectivity index (χ0) is 20.1. The van der Waals surface area contributed by atoms with E-state index in [2.05, 4.69) is 10.3 Å². The van der Waals surface area contributed by atoms with E-state index in [-0.39, 0.29) is 19.3 Å². The van der Waals surface area contributed by atoms with Gasteiger partial charge >= 0.3 is 5.97 Å². The molecule has 0 fully saturated rings. The Bertz CT molecular complexity index is 1020. The highest BCUT2D eigenvalue weighted by atomic mass is 32.1. The Labute approximate surface area is 165 Å². The number of carbonyl (C=O) groups is 3. The number of amides is 2. The fourth-order valence-corrected chi connectivity index (χ4v) is 3.73. The van der Waals surface area contributed by atoms with Crippen LogP contribution in [0.25, 0.3) is 21.3 Å². The molecule has 1 aromatic heterocycles. The molecule has 0 aliphatic carbocycles. The summed E-state index contributed by atoms with van der Waals surface area (Å²) in [7, 11) is 0. The van der Waals surface area contributed by atoms with Crippen LogP contribution >= 0.6 is 11.3 Å². The molecule has 28 heavy (non-hydrogen) atoms. The number of nitrogens with two attached hydrogens (primary N) is 1. The van der Waals surface area contributed by atoms with Crippen molar-refractivity contribution in [1.82, 2.24) is 10.3 Å². The molecule has 3 rings (SSSR count). The maximum Gasteiger partial charge on any atom is 0.326 e. The standard InChI is InChI=1S/C20H19N3O4S/c21-17(24)9-7-14(20(26)27)22-18(25)11-19-23-15-10-13(6-8-16(15)28-19)12-4-2-1-3-5-12/h1-6,8,10,14H,7,9,11H2,(H2,21,24)(H,22,25)(H,26,27)/t14-/m0/s1. The fraction of sp³-hybridized carbons (Fsp3) is 0.200. The van der Waals surface area contributed by atoms with Gasteiger partial charge in [0.05, 0.1) is 16.6 Å². The van der Waals surface area contributed by atoms with E-state index in [1.807, 2.05) is 48.5 Å². The lowest BCUT2D eigenvalue weighted by Gasteiger charge is -2.12. The lowest BCUT2D eigenvalue weighted by molar-refractivity contribution is -0.142. The number of fused-ring (bicyclic) bond motifs is 1. The van der Waals surface area contributed by atoms with Crippen LogP contribution in [0.5, 0.6) is 0 Å². The highest BCUT2D eigenvalue weighted by molar-refractivity contribution is 7.18. The van der Waals surface area contributed by atoms with Gasteiger partial charge in [0.15, 0.2) is 0 Å². The third-order valence-corrected chi connectivity index (χ3v) is 5.20. The van der Waals surface area contributed by atoms with Gasteiger partial charge in [0.2, 0.25) is 11.8 Å². The van der Waals surface area contributed by atoms with Gasteiger partial charge < -0.3 is 16.2 Å². The van der Waals surface area contributed by atoms with E-state index in [0.717, 1.165) is 21.3 Å². The minimum absolute atomic E-state index is 0.0274. The van der Waals surface area contributed by atoms with E-state index >= 15 is 0 Å². The van der Waals surface area contributed by atoms with Crippen LogP contribution in [0, 0.1) is 0 Å². The van der Waals surface area contributed by atoms with Gasteiger partial charge in [-0.05, 0) is 29.7 Å². The van der Waals surface area contributed by atoms with Crippen molar-refractivity contribution >= 4 is 39.3 Å². The first-order valence-corrected chi connectivity index (χ1v) is 9.49. The number of carboxylic acids is 1. The number of benzene rings is 2. The van der Waals surface area contributed by atoms with Crippen LogP contribution in [-0.4, -0.2) is 33.9 Å². The number of carboxylic acid groups (broad SMARTS) is 1. The first-order valence-electron chi connectivity index (χ1n) is 8.68. The van der Waals surface area contributed by atoms with Gasteiger partial charge in [0.25, 0.3) is 0 Å². The molecule has 2 aromatic carbocycles. The number of nitrogens with zero attached hydrogens (tertiary/aromatic N) is 1. The van der Waals surface area contributed by atoms with E-state index in [1.165, 1.54) is 11.3 Å². The molecule has 0 aliphatic heterocycles. The maximum atomic E-state index is 12.2. The van der Waals surface area contributed by atoms with Crippen molar-refractivity contribution in [3.05, 3.63) is 53.5 Å². The Hall–Kier alpha value is -3.26. The van der Waals surface area contributed by atoms with Crippen molar-refractivity contribution in [1.29, 1.82) is 0 Å². The van der Waals surface area contributed by atoms with E-state index < -0.39 is 23.8 Å². The van der Waals surface area contributed by atoms with E-state index in [1.54, 1.807) is 0 Å². The summed E-state index contributed by atoms with van der Waals surface area (Å²) < 4.78 is 0.950. The number of aromatic nitrogens is 1. The number of thiazole rings is 1. The Morgan fingerprint density at radius 1 is 1.11 bits per heavy atom. The van der Waals surface area contributed by atoms with Crippen molar-refractivity contribution in [2.75, 3.05) is 0 Å². The molecule has 0 saturated heterocycles. The van der Waals surface area contributed by atoms with Crippen molar-refractivity contribution in [2.45, 2.75) is 25.3 Å². The molecule has 7 nitrogen and oxygen atoms in total. The Kier molecular flexibility index (Phi) is 6.00. The van der Waals surface area contributed by atoms with Gasteiger partial charge in [0, 0.05) is 6.42 Å². The first kappa shape index (κ1) is 19.5. The molecule has 0 bridgehead atoms. The summed E-state index contributed by atoms with van der Waals surface area (Å²) in [6.07, 6.45) is -0.183. The van der Waals surface area contributed by atoms with Crippen LogP contribution in [0.2, 0.25) is 0 Å². The maximum absolute atomic E-state index is 12.2. The van der Waals surface area contributed by atoms with E-state index in [9.17, 15) is 19.5 Å². The Morgan fingerprint density at radius 3 is 2.54 bits per heavy atom. The molecule has 2 amide bonds. The largest absolute Gasteiger partial charge is 0.480 e.